The average molecular weight is 804 g/mol. The number of anilines is 1. The molecule has 2 heterocycles. The lowest BCUT2D eigenvalue weighted by atomic mass is 9.94. The van der Waals surface area contributed by atoms with Gasteiger partial charge in [0.1, 0.15) is 34.7 Å². The van der Waals surface area contributed by atoms with Crippen LogP contribution in [-0.4, -0.2) is 67.0 Å². The number of carbonyl (C=O) groups is 2. The Morgan fingerprint density at radius 1 is 0.912 bits per heavy atom. The Labute approximate surface area is 325 Å². The number of amides is 1. The quantitative estimate of drug-likeness (QED) is 0.0974. The Morgan fingerprint density at radius 2 is 1.58 bits per heavy atom. The summed E-state index contributed by atoms with van der Waals surface area (Å²) in [5.74, 6) is -5.49. The van der Waals surface area contributed by atoms with E-state index in [9.17, 15) is 27.5 Å². The summed E-state index contributed by atoms with van der Waals surface area (Å²) in [6.45, 7) is 2.73. The number of rotatable bonds is 15. The molecule has 13 nitrogen and oxygen atoms in total. The van der Waals surface area contributed by atoms with E-state index < -0.39 is 56.8 Å². The zero-order valence-electron chi connectivity index (χ0n) is 31.0. The average Bonchev–Trinajstić information content (AvgIpc) is 3.57. The highest BCUT2D eigenvalue weighted by molar-refractivity contribution is 7.92. The molecule has 17 heteroatoms. The number of carbonyl (C=O) groups excluding carboxylic acids is 1. The van der Waals surface area contributed by atoms with Gasteiger partial charge in [0.25, 0.3) is 15.9 Å². The van der Waals surface area contributed by atoms with Crippen LogP contribution in [0.2, 0.25) is 0 Å². The number of fused-ring (bicyclic) bond motifs is 1. The van der Waals surface area contributed by atoms with Crippen molar-refractivity contribution in [1.82, 2.24) is 20.1 Å². The van der Waals surface area contributed by atoms with Crippen molar-refractivity contribution in [1.29, 1.82) is 0 Å². The number of nitrogens with zero attached hydrogens (tertiary/aromatic N) is 3. The number of halogens is 3. The van der Waals surface area contributed by atoms with Crippen molar-refractivity contribution in [3.63, 3.8) is 0 Å². The summed E-state index contributed by atoms with van der Waals surface area (Å²) in [5.41, 5.74) is 2.34. The van der Waals surface area contributed by atoms with Gasteiger partial charge in [0.2, 0.25) is 5.95 Å². The highest BCUT2D eigenvalue weighted by atomic mass is 32.2. The number of methoxy groups -OCH3 is 2. The van der Waals surface area contributed by atoms with Crippen molar-refractivity contribution in [3.8, 4) is 33.8 Å². The third-order valence-electron chi connectivity index (χ3n) is 9.07. The summed E-state index contributed by atoms with van der Waals surface area (Å²) in [6.07, 6.45) is 2.54. The van der Waals surface area contributed by atoms with Gasteiger partial charge in [0.05, 0.1) is 48.7 Å². The molecule has 0 bridgehead atoms. The molecule has 0 aliphatic rings. The molecule has 6 aromatic rings. The van der Waals surface area contributed by atoms with Crippen molar-refractivity contribution < 1.29 is 50.5 Å². The van der Waals surface area contributed by atoms with Gasteiger partial charge in [-0.15, -0.1) is 0 Å². The van der Waals surface area contributed by atoms with Crippen LogP contribution in [0.25, 0.3) is 33.2 Å². The van der Waals surface area contributed by atoms with Crippen molar-refractivity contribution >= 4 is 38.5 Å². The normalized spacial score (nSPS) is 12.0. The molecular formula is C40H36F3N5O8S. The van der Waals surface area contributed by atoms with Gasteiger partial charge in [-0.25, -0.2) is 27.0 Å². The van der Waals surface area contributed by atoms with Gasteiger partial charge in [0.15, 0.2) is 0 Å². The fourth-order valence-corrected chi connectivity index (χ4v) is 7.45. The van der Waals surface area contributed by atoms with E-state index in [0.717, 1.165) is 5.56 Å². The topological polar surface area (TPSA) is 171 Å². The summed E-state index contributed by atoms with van der Waals surface area (Å²) in [6, 6.07) is 14.6. The molecule has 0 saturated heterocycles. The third kappa shape index (κ3) is 8.53. The van der Waals surface area contributed by atoms with Gasteiger partial charge < -0.3 is 24.6 Å². The second-order valence-corrected chi connectivity index (χ2v) is 14.4. The lowest BCUT2D eigenvalue weighted by Crippen LogP contribution is -2.43. The summed E-state index contributed by atoms with van der Waals surface area (Å²) < 4.78 is 91.0. The maximum absolute atomic E-state index is 15.4. The number of ether oxygens (including phenoxy) is 3. The van der Waals surface area contributed by atoms with Crippen LogP contribution < -0.4 is 19.5 Å². The highest BCUT2D eigenvalue weighted by Gasteiger charge is 2.28. The molecule has 296 valence electrons. The van der Waals surface area contributed by atoms with E-state index in [2.05, 4.69) is 20.1 Å². The number of hydrogen-bond acceptors (Lipinski definition) is 9. The summed E-state index contributed by atoms with van der Waals surface area (Å²) in [4.78, 5) is 28.9. The van der Waals surface area contributed by atoms with E-state index in [1.807, 2.05) is 19.1 Å². The smallest absolute Gasteiger partial charge is 0.326 e. The van der Waals surface area contributed by atoms with E-state index in [0.29, 0.717) is 75.6 Å². The first-order valence-electron chi connectivity index (χ1n) is 17.3. The van der Waals surface area contributed by atoms with E-state index in [1.54, 1.807) is 25.4 Å². The molecule has 0 fully saturated rings. The number of aliphatic carboxylic acids is 1. The number of sulfonamides is 1. The lowest BCUT2D eigenvalue weighted by molar-refractivity contribution is -0.139. The fraction of sp³-hybridized carbons (Fsp3) is 0.200. The molecule has 3 N–H and O–H groups in total. The first-order valence-corrected chi connectivity index (χ1v) is 18.8. The standard InChI is InChI=1S/C40H36F3N5O8S/c1-5-56-21-22-14-33(54-3)36(34(15-22)55-4)28-11-8-25(38-29(28)20-45-48(38)2)16-32(40(50)51)46-39(49)37-30(41)18-26(19-31(37)42)47-57(52,53)27-9-6-23(7-10-27)24-12-13-44-35(43)17-24/h6-15,17-20,32,47H,5,16,21H2,1-4H3,(H,46,49)(H,50,51)/t32-/m1/s1. The van der Waals surface area contributed by atoms with Crippen LogP contribution in [0, 0.1) is 17.6 Å². The summed E-state index contributed by atoms with van der Waals surface area (Å²) in [5, 5.41) is 17.3. The molecule has 0 unspecified atom stereocenters. The molecule has 1 atom stereocenters. The SMILES string of the molecule is CCOCc1cc(OC)c(-c2ccc(C[C@@H](NC(=O)c3c(F)cc(NS(=O)(=O)c4ccc(-c5ccnc(F)c5)cc4)cc3F)C(=O)O)c3c2cnn3C)c(OC)c1. The minimum Gasteiger partial charge on any atom is -0.496 e. The zero-order valence-corrected chi connectivity index (χ0v) is 31.8. The van der Waals surface area contributed by atoms with E-state index in [4.69, 9.17) is 14.2 Å². The van der Waals surface area contributed by atoms with E-state index in [1.165, 1.54) is 61.5 Å². The number of benzene rings is 4. The lowest BCUT2D eigenvalue weighted by Gasteiger charge is -2.19. The fourth-order valence-electron chi connectivity index (χ4n) is 6.41. The molecule has 4 aromatic carbocycles. The van der Waals surface area contributed by atoms with Crippen LogP contribution in [0.4, 0.5) is 18.9 Å². The van der Waals surface area contributed by atoms with E-state index >= 15 is 8.78 Å². The first-order chi connectivity index (χ1) is 27.2. The van der Waals surface area contributed by atoms with Crippen molar-refractivity contribution in [2.45, 2.75) is 30.9 Å². The molecule has 1 amide bonds. The Kier molecular flexibility index (Phi) is 11.8. The Hall–Kier alpha value is -6.46. The monoisotopic (exact) mass is 803 g/mol. The number of carboxylic acids is 1. The Bertz CT molecular complexity index is 2550. The third-order valence-corrected chi connectivity index (χ3v) is 10.5. The molecular weight excluding hydrogens is 768 g/mol. The second kappa shape index (κ2) is 16.7. The molecule has 0 saturated carbocycles. The number of aromatic nitrogens is 3. The molecule has 0 aliphatic heterocycles. The number of nitrogens with one attached hydrogen (secondary N) is 2. The minimum absolute atomic E-state index is 0.267. The minimum atomic E-state index is -4.38. The molecule has 57 heavy (non-hydrogen) atoms. The summed E-state index contributed by atoms with van der Waals surface area (Å²) >= 11 is 0. The van der Waals surface area contributed by atoms with Crippen LogP contribution in [0.5, 0.6) is 11.5 Å². The van der Waals surface area contributed by atoms with Crippen molar-refractivity contribution in [2.24, 2.45) is 7.05 Å². The predicted molar refractivity (Wildman–Crippen MR) is 204 cm³/mol. The van der Waals surface area contributed by atoms with Crippen molar-refractivity contribution in [3.05, 3.63) is 119 Å². The molecule has 0 aliphatic carbocycles. The van der Waals surface area contributed by atoms with Gasteiger partial charge >= 0.3 is 5.97 Å². The van der Waals surface area contributed by atoms with Crippen LogP contribution in [-0.2, 0) is 39.6 Å². The molecule has 0 spiro atoms. The van der Waals surface area contributed by atoms with Gasteiger partial charge in [-0.1, -0.05) is 24.3 Å². The first kappa shape index (κ1) is 40.2. The maximum Gasteiger partial charge on any atom is 0.326 e. The van der Waals surface area contributed by atoms with Gasteiger partial charge in [-0.3, -0.25) is 14.2 Å². The Morgan fingerprint density at radius 3 is 2.18 bits per heavy atom. The highest BCUT2D eigenvalue weighted by Crippen LogP contribution is 2.43. The predicted octanol–water partition coefficient (Wildman–Crippen LogP) is 6.50. The number of hydrogen-bond donors (Lipinski definition) is 3. The second-order valence-electron chi connectivity index (χ2n) is 12.7. The number of aryl methyl sites for hydroxylation is 1. The van der Waals surface area contributed by atoms with Crippen LogP contribution in [0.3, 0.4) is 0 Å². The molecule has 0 radical (unpaired) electrons. The van der Waals surface area contributed by atoms with Crippen LogP contribution in [0.1, 0.15) is 28.4 Å². The van der Waals surface area contributed by atoms with Crippen LogP contribution >= 0.6 is 0 Å². The molecule has 2 aromatic heterocycles. The maximum atomic E-state index is 15.4. The largest absolute Gasteiger partial charge is 0.496 e. The van der Waals surface area contributed by atoms with Gasteiger partial charge in [-0.2, -0.15) is 9.49 Å². The zero-order chi connectivity index (χ0) is 41.0. The van der Waals surface area contributed by atoms with E-state index in [-0.39, 0.29) is 11.3 Å². The van der Waals surface area contributed by atoms with Gasteiger partial charge in [0, 0.05) is 43.3 Å². The van der Waals surface area contributed by atoms with Gasteiger partial charge in [-0.05, 0) is 71.6 Å². The van der Waals surface area contributed by atoms with Crippen LogP contribution in [0.15, 0.2) is 90.1 Å². The molecule has 6 rings (SSSR count). The summed E-state index contributed by atoms with van der Waals surface area (Å²) in [7, 11) is 0.318. The number of carboxylic acid groups (broad SMARTS) is 1. The Balaban J connectivity index is 1.23. The number of pyridine rings is 1. The van der Waals surface area contributed by atoms with Crippen molar-refractivity contribution in [2.75, 3.05) is 25.5 Å².